The maximum atomic E-state index is 13.3. The summed E-state index contributed by atoms with van der Waals surface area (Å²) < 4.78 is 47.1. The Morgan fingerprint density at radius 3 is 2.70 bits per heavy atom. The molecule has 0 radical (unpaired) electrons. The van der Waals surface area contributed by atoms with Crippen LogP contribution >= 0.6 is 11.6 Å². The molecule has 1 fully saturated rings. The third kappa shape index (κ3) is 3.73. The minimum Gasteiger partial charge on any atom is -0.375 e. The molecule has 2 aromatic heterocycles. The monoisotopic (exact) mass is 474 g/mol. The number of hydrogen-bond acceptors (Lipinski definition) is 5. The first-order valence-electron chi connectivity index (χ1n) is 10.3. The molecule has 3 aromatic rings. The summed E-state index contributed by atoms with van der Waals surface area (Å²) in [6.07, 6.45) is -4.33. The number of aryl methyl sites for hydroxylation is 1. The van der Waals surface area contributed by atoms with Crippen molar-refractivity contribution in [2.75, 3.05) is 18.1 Å². The highest BCUT2D eigenvalue weighted by atomic mass is 35.5. The maximum Gasteiger partial charge on any atom is 0.405 e. The highest BCUT2D eigenvalue weighted by molar-refractivity contribution is 6.29. The van der Waals surface area contributed by atoms with Crippen molar-refractivity contribution in [3.8, 4) is 11.8 Å². The van der Waals surface area contributed by atoms with E-state index in [1.54, 1.807) is 42.3 Å². The molecule has 1 aromatic carbocycles. The zero-order valence-electron chi connectivity index (χ0n) is 17.5. The van der Waals surface area contributed by atoms with Gasteiger partial charge in [-0.3, -0.25) is 4.57 Å². The van der Waals surface area contributed by atoms with Crippen LogP contribution in [0.4, 0.5) is 24.7 Å². The molecule has 0 saturated heterocycles. The van der Waals surface area contributed by atoms with Crippen LogP contribution in [0.3, 0.4) is 0 Å². The number of hydrogen-bond donors (Lipinski definition) is 0. The van der Waals surface area contributed by atoms with E-state index >= 15 is 0 Å². The van der Waals surface area contributed by atoms with E-state index in [1.165, 1.54) is 4.57 Å². The topological polar surface area (TPSA) is 60.2 Å². The fourth-order valence-corrected chi connectivity index (χ4v) is 4.08. The summed E-state index contributed by atoms with van der Waals surface area (Å²) in [6, 6.07) is 8.49. The van der Waals surface area contributed by atoms with Gasteiger partial charge in [-0.05, 0) is 37.1 Å². The molecule has 1 saturated carbocycles. The van der Waals surface area contributed by atoms with Crippen molar-refractivity contribution < 1.29 is 17.9 Å². The van der Waals surface area contributed by atoms with Gasteiger partial charge in [-0.2, -0.15) is 18.2 Å². The number of alkyl halides is 3. The average Bonchev–Trinajstić information content (AvgIpc) is 3.59. The Bertz CT molecular complexity index is 1390. The van der Waals surface area contributed by atoms with E-state index in [4.69, 9.17) is 16.3 Å². The second kappa shape index (κ2) is 7.75. The third-order valence-electron chi connectivity index (χ3n) is 6.03. The van der Waals surface area contributed by atoms with Crippen LogP contribution in [-0.2, 0) is 18.4 Å². The number of pyridine rings is 1. The fourth-order valence-electron chi connectivity index (χ4n) is 3.93. The van der Waals surface area contributed by atoms with E-state index in [0.717, 1.165) is 0 Å². The first kappa shape index (κ1) is 21.7. The predicted molar refractivity (Wildman–Crippen MR) is 117 cm³/mol. The van der Waals surface area contributed by atoms with Crippen molar-refractivity contribution in [1.29, 1.82) is 0 Å². The first-order chi connectivity index (χ1) is 15.7. The molecule has 3 heterocycles. The molecule has 0 atom stereocenters. The lowest BCUT2D eigenvalue weighted by Gasteiger charge is -2.24. The van der Waals surface area contributed by atoms with Crippen LogP contribution in [0.15, 0.2) is 35.1 Å². The Labute approximate surface area is 192 Å². The molecule has 0 unspecified atom stereocenters. The molecule has 1 aliphatic carbocycles. The summed E-state index contributed by atoms with van der Waals surface area (Å²) in [7, 11) is 1.60. The highest BCUT2D eigenvalue weighted by Gasteiger charge is 2.62. The molecule has 0 spiro atoms. The fraction of sp³-hybridized carbons (Fsp3) is 0.348. The lowest BCUT2D eigenvalue weighted by atomic mass is 10.0. The number of fused-ring (bicyclic) bond motifs is 2. The van der Waals surface area contributed by atoms with Crippen LogP contribution < -0.4 is 10.6 Å². The summed E-state index contributed by atoms with van der Waals surface area (Å²) in [6.45, 7) is 0.847. The maximum absolute atomic E-state index is 13.3. The van der Waals surface area contributed by atoms with Gasteiger partial charge in [0, 0.05) is 30.4 Å². The van der Waals surface area contributed by atoms with Crippen molar-refractivity contribution in [3.05, 3.63) is 57.1 Å². The smallest absolute Gasteiger partial charge is 0.375 e. The summed E-state index contributed by atoms with van der Waals surface area (Å²) in [5.41, 5.74) is 0.337. The molecule has 33 heavy (non-hydrogen) atoms. The lowest BCUT2D eigenvalue weighted by Crippen LogP contribution is -2.28. The van der Waals surface area contributed by atoms with Gasteiger partial charge in [0.1, 0.15) is 16.1 Å². The van der Waals surface area contributed by atoms with Gasteiger partial charge >= 0.3 is 11.9 Å². The van der Waals surface area contributed by atoms with Crippen LogP contribution in [0.2, 0.25) is 5.15 Å². The number of benzene rings is 1. The third-order valence-corrected chi connectivity index (χ3v) is 6.24. The number of halogens is 4. The molecule has 0 N–H and O–H groups in total. The second-order valence-corrected chi connectivity index (χ2v) is 8.50. The Balaban J connectivity index is 1.67. The van der Waals surface area contributed by atoms with Crippen LogP contribution in [-0.4, -0.2) is 33.9 Å². The van der Waals surface area contributed by atoms with Gasteiger partial charge in [0.2, 0.25) is 0 Å². The predicted octanol–water partition coefficient (Wildman–Crippen LogP) is 4.34. The Morgan fingerprint density at radius 1 is 1.18 bits per heavy atom. The Morgan fingerprint density at radius 2 is 1.97 bits per heavy atom. The van der Waals surface area contributed by atoms with Crippen molar-refractivity contribution in [2.24, 2.45) is 12.5 Å². The number of anilines is 2. The zero-order chi connectivity index (χ0) is 23.4. The molecular weight excluding hydrogens is 457 g/mol. The largest absolute Gasteiger partial charge is 0.405 e. The molecular formula is C23H18ClF3N4O2. The van der Waals surface area contributed by atoms with Crippen LogP contribution in [0.5, 0.6) is 0 Å². The van der Waals surface area contributed by atoms with Crippen LogP contribution in [0.1, 0.15) is 24.0 Å². The summed E-state index contributed by atoms with van der Waals surface area (Å²) in [4.78, 5) is 23.0. The van der Waals surface area contributed by atoms with Gasteiger partial charge in [0.25, 0.3) is 0 Å². The van der Waals surface area contributed by atoms with E-state index < -0.39 is 17.3 Å². The van der Waals surface area contributed by atoms with Gasteiger partial charge in [0.15, 0.2) is 5.82 Å². The highest BCUT2D eigenvalue weighted by Crippen LogP contribution is 2.57. The second-order valence-electron chi connectivity index (χ2n) is 8.12. The standard InChI is InChI=1S/C23H18ClF3N4O2/c1-30-17-5-6-18(24)28-19(17)20(29-21(30)32)31-11-12-33-13-15-14(3-2-4-16(15)31)7-8-22(9-10-22)23(25,26)27/h2-6H,9-13H2,1H3. The van der Waals surface area contributed by atoms with E-state index in [2.05, 4.69) is 21.8 Å². The SMILES string of the molecule is Cn1c(=O)nc(N2CCOCc3c(C#CC4(C(F)(F)F)CC4)cccc32)c2nc(Cl)ccc21. The van der Waals surface area contributed by atoms with E-state index in [9.17, 15) is 18.0 Å². The Hall–Kier alpha value is -3.09. The molecule has 6 nitrogen and oxygen atoms in total. The molecule has 0 amide bonds. The van der Waals surface area contributed by atoms with E-state index in [1.807, 2.05) is 0 Å². The molecule has 170 valence electrons. The van der Waals surface area contributed by atoms with Gasteiger partial charge in [-0.1, -0.05) is 29.5 Å². The molecule has 10 heteroatoms. The molecule has 1 aliphatic heterocycles. The molecule has 0 bridgehead atoms. The molecule has 5 rings (SSSR count). The summed E-state index contributed by atoms with van der Waals surface area (Å²) >= 11 is 6.13. The van der Waals surface area contributed by atoms with Crippen LogP contribution in [0, 0.1) is 17.3 Å². The van der Waals surface area contributed by atoms with E-state index in [-0.39, 0.29) is 24.6 Å². The first-order valence-corrected chi connectivity index (χ1v) is 10.7. The normalized spacial score (nSPS) is 17.2. The zero-order valence-corrected chi connectivity index (χ0v) is 18.3. The minimum absolute atomic E-state index is 0.0107. The summed E-state index contributed by atoms with van der Waals surface area (Å²) in [5.74, 6) is 5.51. The van der Waals surface area contributed by atoms with Crippen LogP contribution in [0.25, 0.3) is 11.0 Å². The molecule has 2 aliphatic rings. The van der Waals surface area contributed by atoms with Gasteiger partial charge in [-0.15, -0.1) is 0 Å². The number of ether oxygens (including phenoxy) is 1. The number of rotatable bonds is 1. The number of aromatic nitrogens is 3. The van der Waals surface area contributed by atoms with Gasteiger partial charge in [0.05, 0.1) is 18.7 Å². The minimum atomic E-state index is -4.36. The van der Waals surface area contributed by atoms with Crippen molar-refractivity contribution in [3.63, 3.8) is 0 Å². The summed E-state index contributed by atoms with van der Waals surface area (Å²) in [5, 5.41) is 0.247. The number of nitrogens with zero attached hydrogens (tertiary/aromatic N) is 4. The van der Waals surface area contributed by atoms with Crippen molar-refractivity contribution in [1.82, 2.24) is 14.5 Å². The lowest BCUT2D eigenvalue weighted by molar-refractivity contribution is -0.168. The van der Waals surface area contributed by atoms with Crippen molar-refractivity contribution in [2.45, 2.75) is 25.6 Å². The quantitative estimate of drug-likeness (QED) is 0.388. The van der Waals surface area contributed by atoms with Gasteiger partial charge < -0.3 is 9.64 Å². The van der Waals surface area contributed by atoms with Crippen molar-refractivity contribution >= 4 is 34.1 Å². The average molecular weight is 475 g/mol. The van der Waals surface area contributed by atoms with Gasteiger partial charge in [-0.25, -0.2) is 9.78 Å². The Kier molecular flexibility index (Phi) is 5.10. The van der Waals surface area contributed by atoms with E-state index in [0.29, 0.717) is 46.8 Å².